The average Bonchev–Trinajstić information content (AvgIpc) is 2.69. The van der Waals surface area contributed by atoms with Crippen LogP contribution in [0.15, 0.2) is 6.07 Å². The van der Waals surface area contributed by atoms with Gasteiger partial charge in [-0.3, -0.25) is 4.68 Å². The Bertz CT molecular complexity index is 355. The molecule has 0 aliphatic carbocycles. The molecule has 4 heteroatoms. The summed E-state index contributed by atoms with van der Waals surface area (Å²) in [6.45, 7) is 13.2. The first-order chi connectivity index (χ1) is 9.10. The van der Waals surface area contributed by atoms with Crippen LogP contribution in [0.3, 0.4) is 0 Å². The van der Waals surface area contributed by atoms with E-state index < -0.39 is 0 Å². The van der Waals surface area contributed by atoms with Crippen LogP contribution in [0.2, 0.25) is 0 Å². The van der Waals surface area contributed by atoms with E-state index in [0.717, 1.165) is 31.7 Å². The van der Waals surface area contributed by atoms with Gasteiger partial charge in [-0.2, -0.15) is 5.10 Å². The number of likely N-dealkylation sites (N-methyl/N-ethyl adjacent to an activating group) is 1. The molecule has 0 fully saturated rings. The van der Waals surface area contributed by atoms with Crippen molar-refractivity contribution in [3.63, 3.8) is 0 Å². The summed E-state index contributed by atoms with van der Waals surface area (Å²) in [5.74, 6) is 0. The number of aromatic nitrogens is 2. The highest BCUT2D eigenvalue weighted by molar-refractivity contribution is 5.10. The maximum atomic E-state index is 4.43. The lowest BCUT2D eigenvalue weighted by molar-refractivity contribution is 0.280. The molecule has 110 valence electrons. The van der Waals surface area contributed by atoms with Crippen LogP contribution >= 0.6 is 0 Å². The molecule has 19 heavy (non-hydrogen) atoms. The first-order valence-electron chi connectivity index (χ1n) is 7.55. The Hall–Kier alpha value is -0.870. The van der Waals surface area contributed by atoms with Gasteiger partial charge in [0.2, 0.25) is 0 Å². The summed E-state index contributed by atoms with van der Waals surface area (Å²) in [5.41, 5.74) is 2.43. The molecular weight excluding hydrogens is 236 g/mol. The van der Waals surface area contributed by atoms with Crippen molar-refractivity contribution in [2.24, 2.45) is 7.05 Å². The molecule has 0 spiro atoms. The van der Waals surface area contributed by atoms with Crippen LogP contribution in [-0.2, 0) is 13.5 Å². The van der Waals surface area contributed by atoms with E-state index in [9.17, 15) is 0 Å². The van der Waals surface area contributed by atoms with Crippen molar-refractivity contribution >= 4 is 0 Å². The van der Waals surface area contributed by atoms with Crippen molar-refractivity contribution in [2.75, 3.05) is 26.2 Å². The molecule has 0 bridgehead atoms. The summed E-state index contributed by atoms with van der Waals surface area (Å²) in [5, 5.41) is 8.03. The summed E-state index contributed by atoms with van der Waals surface area (Å²) < 4.78 is 2.01. The minimum Gasteiger partial charge on any atom is -0.314 e. The van der Waals surface area contributed by atoms with Gasteiger partial charge in [0.15, 0.2) is 0 Å². The second-order valence-electron chi connectivity index (χ2n) is 5.17. The molecule has 1 N–H and O–H groups in total. The minimum atomic E-state index is 0.542. The largest absolute Gasteiger partial charge is 0.314 e. The zero-order chi connectivity index (χ0) is 14.3. The van der Waals surface area contributed by atoms with Gasteiger partial charge in [0, 0.05) is 25.2 Å². The number of nitrogens with one attached hydrogen (secondary N) is 1. The molecule has 1 heterocycles. The van der Waals surface area contributed by atoms with E-state index in [4.69, 9.17) is 0 Å². The van der Waals surface area contributed by atoms with E-state index in [1.807, 2.05) is 11.7 Å². The summed E-state index contributed by atoms with van der Waals surface area (Å²) in [7, 11) is 2.04. The van der Waals surface area contributed by atoms with Gasteiger partial charge >= 0.3 is 0 Å². The van der Waals surface area contributed by atoms with Crippen LogP contribution < -0.4 is 5.32 Å². The van der Waals surface area contributed by atoms with Crippen molar-refractivity contribution in [1.82, 2.24) is 20.0 Å². The van der Waals surface area contributed by atoms with Crippen LogP contribution in [0.25, 0.3) is 0 Å². The topological polar surface area (TPSA) is 33.1 Å². The van der Waals surface area contributed by atoms with Crippen LogP contribution in [0, 0.1) is 6.92 Å². The van der Waals surface area contributed by atoms with Gasteiger partial charge in [-0.15, -0.1) is 0 Å². The molecule has 1 aromatic heterocycles. The Morgan fingerprint density at radius 1 is 1.32 bits per heavy atom. The van der Waals surface area contributed by atoms with E-state index in [2.05, 4.69) is 49.1 Å². The molecule has 1 atom stereocenters. The van der Waals surface area contributed by atoms with Crippen molar-refractivity contribution < 1.29 is 0 Å². The normalized spacial score (nSPS) is 13.2. The Kier molecular flexibility index (Phi) is 7.10. The number of rotatable bonds is 9. The molecule has 1 unspecified atom stereocenters. The predicted octanol–water partition coefficient (Wildman–Crippen LogP) is 1.98. The first kappa shape index (κ1) is 16.2. The van der Waals surface area contributed by atoms with Gasteiger partial charge in [0.05, 0.1) is 5.69 Å². The van der Waals surface area contributed by atoms with Crippen molar-refractivity contribution in [2.45, 2.75) is 46.6 Å². The Balaban J connectivity index is 2.54. The molecule has 0 saturated carbocycles. The minimum absolute atomic E-state index is 0.542. The smallest absolute Gasteiger partial charge is 0.0596 e. The number of aryl methyl sites for hydroxylation is 2. The van der Waals surface area contributed by atoms with E-state index in [0.29, 0.717) is 6.04 Å². The van der Waals surface area contributed by atoms with Gasteiger partial charge < -0.3 is 10.2 Å². The first-order valence-corrected chi connectivity index (χ1v) is 7.55. The molecule has 0 amide bonds. The lowest BCUT2D eigenvalue weighted by Crippen LogP contribution is -2.36. The Morgan fingerprint density at radius 2 is 2.00 bits per heavy atom. The second-order valence-corrected chi connectivity index (χ2v) is 5.17. The van der Waals surface area contributed by atoms with E-state index in [-0.39, 0.29) is 0 Å². The second kappa shape index (κ2) is 8.33. The van der Waals surface area contributed by atoms with Crippen LogP contribution in [0.5, 0.6) is 0 Å². The fraction of sp³-hybridized carbons (Fsp3) is 0.800. The highest BCUT2D eigenvalue weighted by atomic mass is 15.3. The van der Waals surface area contributed by atoms with Gasteiger partial charge in [0.25, 0.3) is 0 Å². The summed E-state index contributed by atoms with van der Waals surface area (Å²) in [6.07, 6.45) is 2.26. The lowest BCUT2D eigenvalue weighted by atomic mass is 10.1. The Morgan fingerprint density at radius 3 is 2.47 bits per heavy atom. The van der Waals surface area contributed by atoms with Crippen molar-refractivity contribution in [1.29, 1.82) is 0 Å². The number of hydrogen-bond donors (Lipinski definition) is 1. The summed E-state index contributed by atoms with van der Waals surface area (Å²) >= 11 is 0. The maximum absolute atomic E-state index is 4.43. The quantitative estimate of drug-likeness (QED) is 0.742. The number of nitrogens with zero attached hydrogens (tertiary/aromatic N) is 3. The predicted molar refractivity (Wildman–Crippen MR) is 81.5 cm³/mol. The third kappa shape index (κ3) is 5.33. The molecule has 0 saturated heterocycles. The summed E-state index contributed by atoms with van der Waals surface area (Å²) in [6, 6.07) is 2.74. The van der Waals surface area contributed by atoms with Crippen LogP contribution in [0.1, 0.15) is 38.6 Å². The summed E-state index contributed by atoms with van der Waals surface area (Å²) in [4.78, 5) is 2.48. The molecule has 1 aromatic rings. The molecule has 0 aliphatic heterocycles. The van der Waals surface area contributed by atoms with Gasteiger partial charge in [0.1, 0.15) is 0 Å². The molecule has 0 aromatic carbocycles. The molecule has 1 rings (SSSR count). The fourth-order valence-electron chi connectivity index (χ4n) is 2.55. The zero-order valence-electron chi connectivity index (χ0n) is 13.2. The molecular formula is C15H30N4. The molecule has 0 aliphatic rings. The third-order valence-electron chi connectivity index (χ3n) is 3.74. The lowest BCUT2D eigenvalue weighted by Gasteiger charge is -2.23. The monoisotopic (exact) mass is 266 g/mol. The number of hydrogen-bond acceptors (Lipinski definition) is 3. The van der Waals surface area contributed by atoms with Crippen molar-refractivity contribution in [3.8, 4) is 0 Å². The van der Waals surface area contributed by atoms with Crippen LogP contribution in [-0.4, -0.2) is 46.9 Å². The molecule has 4 nitrogen and oxygen atoms in total. The van der Waals surface area contributed by atoms with Gasteiger partial charge in [-0.25, -0.2) is 0 Å². The average molecular weight is 266 g/mol. The standard InChI is InChI=1S/C15H30N4/c1-6-16-14(9-10-19(7-2)8-3)12-15-11-13(4)17-18(15)5/h11,14,16H,6-10,12H2,1-5H3. The Labute approximate surface area is 118 Å². The fourth-order valence-corrected chi connectivity index (χ4v) is 2.55. The van der Waals surface area contributed by atoms with Crippen molar-refractivity contribution in [3.05, 3.63) is 17.5 Å². The van der Waals surface area contributed by atoms with E-state index >= 15 is 0 Å². The highest BCUT2D eigenvalue weighted by Crippen LogP contribution is 2.08. The maximum Gasteiger partial charge on any atom is 0.0596 e. The van der Waals surface area contributed by atoms with E-state index in [1.54, 1.807) is 0 Å². The SMILES string of the molecule is CCNC(CCN(CC)CC)Cc1cc(C)nn1C. The van der Waals surface area contributed by atoms with Gasteiger partial charge in [-0.1, -0.05) is 20.8 Å². The van der Waals surface area contributed by atoms with Gasteiger partial charge in [-0.05, 0) is 45.6 Å². The van der Waals surface area contributed by atoms with E-state index in [1.165, 1.54) is 18.7 Å². The van der Waals surface area contributed by atoms with Crippen LogP contribution in [0.4, 0.5) is 0 Å². The molecule has 0 radical (unpaired) electrons. The highest BCUT2D eigenvalue weighted by Gasteiger charge is 2.13. The zero-order valence-corrected chi connectivity index (χ0v) is 13.2. The third-order valence-corrected chi connectivity index (χ3v) is 3.74.